The van der Waals surface area contributed by atoms with Gasteiger partial charge in [-0.3, -0.25) is 4.79 Å². The minimum atomic E-state index is -0.454. The molecule has 9 nitrogen and oxygen atoms in total. The van der Waals surface area contributed by atoms with Gasteiger partial charge in [0.05, 0.1) is 18.1 Å². The SMILES string of the molecule is COc1cccc(CNC(=O)Cn2nc3c(Oc4ccc(C(C)C)cc4)nc4ccccc4n3c2=O)c1. The van der Waals surface area contributed by atoms with Crippen LogP contribution in [0.3, 0.4) is 0 Å². The third-order valence-electron chi connectivity index (χ3n) is 6.05. The van der Waals surface area contributed by atoms with Crippen LogP contribution < -0.4 is 20.5 Å². The molecule has 0 aliphatic rings. The molecule has 0 fully saturated rings. The van der Waals surface area contributed by atoms with Crippen molar-refractivity contribution in [3.05, 3.63) is 94.4 Å². The molecule has 0 saturated carbocycles. The van der Waals surface area contributed by atoms with Gasteiger partial charge in [-0.1, -0.05) is 50.2 Å². The van der Waals surface area contributed by atoms with Crippen molar-refractivity contribution < 1.29 is 14.3 Å². The highest BCUT2D eigenvalue weighted by atomic mass is 16.5. The number of benzene rings is 3. The fourth-order valence-electron chi connectivity index (χ4n) is 4.05. The van der Waals surface area contributed by atoms with Crippen LogP contribution >= 0.6 is 0 Å². The van der Waals surface area contributed by atoms with Crippen LogP contribution in [0.25, 0.3) is 16.7 Å². The Balaban J connectivity index is 1.45. The van der Waals surface area contributed by atoms with E-state index in [4.69, 9.17) is 9.47 Å². The summed E-state index contributed by atoms with van der Waals surface area (Å²) in [6.45, 7) is 4.29. The Morgan fingerprint density at radius 2 is 1.78 bits per heavy atom. The van der Waals surface area contributed by atoms with Crippen molar-refractivity contribution in [3.63, 3.8) is 0 Å². The van der Waals surface area contributed by atoms with Crippen molar-refractivity contribution in [2.45, 2.75) is 32.9 Å². The summed E-state index contributed by atoms with van der Waals surface area (Å²) in [5.74, 6) is 1.51. The van der Waals surface area contributed by atoms with Crippen LogP contribution in [0.2, 0.25) is 0 Å². The van der Waals surface area contributed by atoms with E-state index >= 15 is 0 Å². The van der Waals surface area contributed by atoms with Crippen LogP contribution in [-0.2, 0) is 17.9 Å². The Morgan fingerprint density at radius 3 is 2.54 bits per heavy atom. The second-order valence-electron chi connectivity index (χ2n) is 8.96. The molecule has 0 atom stereocenters. The molecule has 0 spiro atoms. The van der Waals surface area contributed by atoms with Gasteiger partial charge in [-0.25, -0.2) is 18.9 Å². The van der Waals surface area contributed by atoms with Crippen molar-refractivity contribution in [1.29, 1.82) is 0 Å². The summed E-state index contributed by atoms with van der Waals surface area (Å²) in [5, 5.41) is 7.25. The van der Waals surface area contributed by atoms with E-state index in [9.17, 15) is 9.59 Å². The van der Waals surface area contributed by atoms with E-state index in [0.29, 0.717) is 35.0 Å². The molecule has 2 heterocycles. The number of rotatable bonds is 8. The maximum absolute atomic E-state index is 13.3. The normalized spacial score (nSPS) is 11.2. The lowest BCUT2D eigenvalue weighted by molar-refractivity contribution is -0.122. The number of nitrogens with zero attached hydrogens (tertiary/aromatic N) is 4. The summed E-state index contributed by atoms with van der Waals surface area (Å²) < 4.78 is 13.8. The smallest absolute Gasteiger partial charge is 0.351 e. The van der Waals surface area contributed by atoms with Crippen LogP contribution in [0.5, 0.6) is 17.4 Å². The fourth-order valence-corrected chi connectivity index (χ4v) is 4.05. The predicted molar refractivity (Wildman–Crippen MR) is 140 cm³/mol. The van der Waals surface area contributed by atoms with E-state index in [1.807, 2.05) is 60.7 Å². The first-order valence-corrected chi connectivity index (χ1v) is 12.0. The summed E-state index contributed by atoms with van der Waals surface area (Å²) in [4.78, 5) is 30.7. The van der Waals surface area contributed by atoms with E-state index < -0.39 is 5.69 Å². The van der Waals surface area contributed by atoms with E-state index in [1.165, 1.54) is 9.96 Å². The quantitative estimate of drug-likeness (QED) is 0.343. The molecule has 188 valence electrons. The molecule has 0 aliphatic carbocycles. The molecule has 0 unspecified atom stereocenters. The van der Waals surface area contributed by atoms with Crippen LogP contribution in [-0.4, -0.2) is 32.2 Å². The lowest BCUT2D eigenvalue weighted by atomic mass is 10.0. The highest BCUT2D eigenvalue weighted by Crippen LogP contribution is 2.27. The van der Waals surface area contributed by atoms with Gasteiger partial charge < -0.3 is 14.8 Å². The minimum Gasteiger partial charge on any atom is -0.497 e. The molecule has 3 aromatic carbocycles. The largest absolute Gasteiger partial charge is 0.497 e. The number of para-hydroxylation sites is 2. The zero-order valence-corrected chi connectivity index (χ0v) is 20.8. The molecule has 0 aliphatic heterocycles. The number of amides is 1. The molecule has 9 heteroatoms. The Hall–Kier alpha value is -4.66. The second-order valence-corrected chi connectivity index (χ2v) is 8.96. The topological polar surface area (TPSA) is 99.8 Å². The second kappa shape index (κ2) is 10.1. The molecule has 0 saturated heterocycles. The third-order valence-corrected chi connectivity index (χ3v) is 6.05. The summed E-state index contributed by atoms with van der Waals surface area (Å²) in [6, 6.07) is 22.4. The lowest BCUT2D eigenvalue weighted by Crippen LogP contribution is -2.32. The summed E-state index contributed by atoms with van der Waals surface area (Å²) in [7, 11) is 1.59. The molecule has 0 bridgehead atoms. The van der Waals surface area contributed by atoms with Gasteiger partial charge in [0.1, 0.15) is 18.0 Å². The lowest BCUT2D eigenvalue weighted by Gasteiger charge is -2.09. The van der Waals surface area contributed by atoms with Gasteiger partial charge in [-0.15, -0.1) is 5.10 Å². The van der Waals surface area contributed by atoms with Gasteiger partial charge in [0.25, 0.3) is 5.88 Å². The monoisotopic (exact) mass is 497 g/mol. The highest BCUT2D eigenvalue weighted by Gasteiger charge is 2.19. The van der Waals surface area contributed by atoms with Crippen LogP contribution in [0.1, 0.15) is 30.9 Å². The summed E-state index contributed by atoms with van der Waals surface area (Å²) in [5.41, 5.74) is 3.00. The molecule has 0 radical (unpaired) electrons. The zero-order chi connectivity index (χ0) is 25.9. The third kappa shape index (κ3) is 5.02. The van der Waals surface area contributed by atoms with Gasteiger partial charge in [0.15, 0.2) is 0 Å². The summed E-state index contributed by atoms with van der Waals surface area (Å²) >= 11 is 0. The Morgan fingerprint density at radius 1 is 1.00 bits per heavy atom. The van der Waals surface area contributed by atoms with Crippen LogP contribution in [0.15, 0.2) is 77.6 Å². The van der Waals surface area contributed by atoms with E-state index in [0.717, 1.165) is 10.2 Å². The molecular weight excluding hydrogens is 470 g/mol. The molecule has 1 N–H and O–H groups in total. The number of hydrogen-bond donors (Lipinski definition) is 1. The van der Waals surface area contributed by atoms with E-state index in [-0.39, 0.29) is 24.0 Å². The molecule has 37 heavy (non-hydrogen) atoms. The average Bonchev–Trinajstić information content (AvgIpc) is 3.24. The first-order valence-electron chi connectivity index (χ1n) is 12.0. The maximum Gasteiger partial charge on any atom is 0.351 e. The Labute approximate surface area is 213 Å². The number of fused-ring (bicyclic) bond motifs is 3. The maximum atomic E-state index is 13.3. The number of carbonyl (C=O) groups excluding carboxylic acids is 1. The number of methoxy groups -OCH3 is 1. The first kappa shape index (κ1) is 24.1. The molecule has 1 amide bonds. The van der Waals surface area contributed by atoms with Crippen LogP contribution in [0.4, 0.5) is 0 Å². The number of nitrogens with one attached hydrogen (secondary N) is 1. The minimum absolute atomic E-state index is 0.184. The zero-order valence-electron chi connectivity index (χ0n) is 20.8. The molecule has 2 aromatic heterocycles. The van der Waals surface area contributed by atoms with Crippen molar-refractivity contribution >= 4 is 22.6 Å². The van der Waals surface area contributed by atoms with Crippen LogP contribution in [0, 0.1) is 0 Å². The first-order chi connectivity index (χ1) is 17.9. The Kier molecular flexibility index (Phi) is 6.59. The van der Waals surface area contributed by atoms with Crippen molar-refractivity contribution in [2.75, 3.05) is 7.11 Å². The van der Waals surface area contributed by atoms with E-state index in [2.05, 4.69) is 29.2 Å². The molecule has 5 rings (SSSR count). The fraction of sp³-hybridized carbons (Fsp3) is 0.214. The van der Waals surface area contributed by atoms with Gasteiger partial charge >= 0.3 is 5.69 Å². The highest BCUT2D eigenvalue weighted by molar-refractivity contribution is 5.80. The van der Waals surface area contributed by atoms with Gasteiger partial charge in [0, 0.05) is 6.54 Å². The summed E-state index contributed by atoms with van der Waals surface area (Å²) in [6.07, 6.45) is 0. The van der Waals surface area contributed by atoms with Crippen molar-refractivity contribution in [1.82, 2.24) is 24.5 Å². The van der Waals surface area contributed by atoms with Crippen molar-refractivity contribution in [2.24, 2.45) is 0 Å². The number of hydrogen-bond acceptors (Lipinski definition) is 6. The number of ether oxygens (including phenoxy) is 2. The van der Waals surface area contributed by atoms with Crippen molar-refractivity contribution in [3.8, 4) is 17.4 Å². The van der Waals surface area contributed by atoms with Gasteiger partial charge in [-0.05, 0) is 53.4 Å². The predicted octanol–water partition coefficient (Wildman–Crippen LogP) is 4.28. The number of aromatic nitrogens is 4. The molecular formula is C28H27N5O4. The Bertz CT molecular complexity index is 1640. The van der Waals surface area contributed by atoms with Gasteiger partial charge in [-0.2, -0.15) is 0 Å². The standard InChI is InChI=1S/C28H27N5O4/c1-18(2)20-11-13-21(14-12-20)37-27-26-31-32(28(35)33(26)24-10-5-4-9-23(24)30-27)17-25(34)29-16-19-7-6-8-22(15-19)36-3/h4-15,18H,16-17H2,1-3H3,(H,29,34). The molecule has 5 aromatic rings. The van der Waals surface area contributed by atoms with Gasteiger partial charge in [0.2, 0.25) is 11.6 Å². The van der Waals surface area contributed by atoms with E-state index in [1.54, 1.807) is 19.2 Å². The average molecular weight is 498 g/mol. The number of carbonyl (C=O) groups is 1.